The number of carbonyl (C=O) groups excluding carboxylic acids is 1. The number of ether oxygens (including phenoxy) is 3. The van der Waals surface area contributed by atoms with Crippen molar-refractivity contribution < 1.29 is 19.0 Å². The van der Waals surface area contributed by atoms with E-state index in [0.717, 1.165) is 23.5 Å². The Hall–Kier alpha value is -2.40. The molecule has 3 rings (SSSR count). The first-order chi connectivity index (χ1) is 12.2. The minimum atomic E-state index is -0.0684. The van der Waals surface area contributed by atoms with Crippen LogP contribution in [0, 0.1) is 0 Å². The van der Waals surface area contributed by atoms with Gasteiger partial charge < -0.3 is 19.5 Å². The predicted molar refractivity (Wildman–Crippen MR) is 95.5 cm³/mol. The number of halogens is 1. The highest BCUT2D eigenvalue weighted by Gasteiger charge is 2.11. The zero-order chi connectivity index (χ0) is 17.5. The topological polar surface area (TPSA) is 56.8 Å². The Morgan fingerprint density at radius 3 is 2.64 bits per heavy atom. The second kappa shape index (κ2) is 8.62. The number of carbonyl (C=O) groups is 1. The smallest absolute Gasteiger partial charge is 0.223 e. The molecule has 0 atom stereocenters. The third-order valence-corrected chi connectivity index (χ3v) is 3.97. The van der Waals surface area contributed by atoms with Gasteiger partial charge in [-0.3, -0.25) is 4.79 Å². The van der Waals surface area contributed by atoms with Crippen molar-refractivity contribution in [3.8, 4) is 17.2 Å². The van der Waals surface area contributed by atoms with Gasteiger partial charge in [0.1, 0.15) is 5.75 Å². The van der Waals surface area contributed by atoms with Gasteiger partial charge in [-0.05, 0) is 42.0 Å². The summed E-state index contributed by atoms with van der Waals surface area (Å²) in [5.74, 6) is 2.11. The average molecular weight is 362 g/mol. The van der Waals surface area contributed by atoms with Crippen molar-refractivity contribution in [2.24, 2.45) is 0 Å². The molecule has 1 heterocycles. The van der Waals surface area contributed by atoms with Gasteiger partial charge in [-0.15, -0.1) is 0 Å². The lowest BCUT2D eigenvalue weighted by atomic mass is 10.2. The molecule has 5 nitrogen and oxygen atoms in total. The van der Waals surface area contributed by atoms with Crippen LogP contribution < -0.4 is 19.5 Å². The minimum Gasteiger partial charge on any atom is -0.493 e. The quantitative estimate of drug-likeness (QED) is 0.854. The second-order valence-corrected chi connectivity index (χ2v) is 6.10. The molecule has 0 aromatic heterocycles. The van der Waals surface area contributed by atoms with Crippen molar-refractivity contribution in [3.05, 3.63) is 53.1 Å². The average Bonchev–Trinajstić information content (AvgIpc) is 2.86. The maximum atomic E-state index is 11.9. The summed E-state index contributed by atoms with van der Waals surface area (Å²) in [6.45, 7) is 2.06. The Labute approximate surface area is 151 Å². The Morgan fingerprint density at radius 2 is 1.84 bits per heavy atom. The molecule has 25 heavy (non-hydrogen) atoms. The van der Waals surface area contributed by atoms with E-state index in [9.17, 15) is 4.79 Å². The molecule has 0 fully saturated rings. The lowest BCUT2D eigenvalue weighted by molar-refractivity contribution is -0.121. The van der Waals surface area contributed by atoms with Crippen LogP contribution >= 0.6 is 11.6 Å². The fourth-order valence-corrected chi connectivity index (χ4v) is 2.53. The normalized spacial score (nSPS) is 13.0. The first kappa shape index (κ1) is 17.4. The lowest BCUT2D eigenvalue weighted by Gasteiger charge is -2.10. The molecule has 0 radical (unpaired) electrons. The molecule has 0 saturated carbocycles. The fourth-order valence-electron chi connectivity index (χ4n) is 2.40. The van der Waals surface area contributed by atoms with Crippen LogP contribution in [0.25, 0.3) is 0 Å². The molecule has 2 aromatic carbocycles. The van der Waals surface area contributed by atoms with Gasteiger partial charge in [0.2, 0.25) is 5.91 Å². The predicted octanol–water partition coefficient (Wildman–Crippen LogP) is 3.59. The Bertz CT molecular complexity index is 718. The Kier molecular flexibility index (Phi) is 6.01. The van der Waals surface area contributed by atoms with Crippen LogP contribution in [0.3, 0.4) is 0 Å². The highest BCUT2D eigenvalue weighted by Crippen LogP contribution is 2.30. The molecule has 132 valence electrons. The number of hydrogen-bond acceptors (Lipinski definition) is 4. The molecule has 0 saturated heterocycles. The van der Waals surface area contributed by atoms with Crippen LogP contribution in [0.15, 0.2) is 42.5 Å². The van der Waals surface area contributed by atoms with Crippen LogP contribution in [0.5, 0.6) is 17.2 Å². The number of amides is 1. The lowest BCUT2D eigenvalue weighted by Crippen LogP contribution is -2.24. The molecule has 0 unspecified atom stereocenters. The summed E-state index contributed by atoms with van der Waals surface area (Å²) in [6.07, 6.45) is 1.15. The molecular formula is C19H20ClNO4. The van der Waals surface area contributed by atoms with Crippen molar-refractivity contribution in [2.75, 3.05) is 19.8 Å². The van der Waals surface area contributed by atoms with Crippen LogP contribution in [0.2, 0.25) is 5.02 Å². The van der Waals surface area contributed by atoms with Crippen LogP contribution in [0.1, 0.15) is 18.4 Å². The second-order valence-electron chi connectivity index (χ2n) is 5.66. The third kappa shape index (κ3) is 5.29. The van der Waals surface area contributed by atoms with Crippen molar-refractivity contribution in [1.82, 2.24) is 5.32 Å². The van der Waals surface area contributed by atoms with E-state index in [-0.39, 0.29) is 12.3 Å². The van der Waals surface area contributed by atoms with E-state index in [1.165, 1.54) is 0 Å². The van der Waals surface area contributed by atoms with Crippen molar-refractivity contribution in [1.29, 1.82) is 0 Å². The van der Waals surface area contributed by atoms with Gasteiger partial charge in [0.05, 0.1) is 26.2 Å². The molecule has 6 heteroatoms. The SMILES string of the molecule is O=C(CCOc1ccc(Cl)cc1)NCc1ccc2c(c1)OCCCO2. The largest absolute Gasteiger partial charge is 0.493 e. The first-order valence-corrected chi connectivity index (χ1v) is 8.62. The maximum Gasteiger partial charge on any atom is 0.223 e. The molecule has 2 aromatic rings. The molecule has 0 aliphatic carbocycles. The standard InChI is InChI=1S/C19H20ClNO4/c20-15-3-5-16(6-4-15)23-11-8-19(22)21-13-14-2-7-17-18(12-14)25-10-1-9-24-17/h2-7,12H,1,8-11,13H2,(H,21,22). The van der Waals surface area contributed by atoms with E-state index >= 15 is 0 Å². The van der Waals surface area contributed by atoms with Gasteiger partial charge >= 0.3 is 0 Å². The summed E-state index contributed by atoms with van der Waals surface area (Å²) in [5.41, 5.74) is 0.969. The molecular weight excluding hydrogens is 342 g/mol. The highest BCUT2D eigenvalue weighted by molar-refractivity contribution is 6.30. The van der Waals surface area contributed by atoms with Gasteiger partial charge in [-0.2, -0.15) is 0 Å². The number of rotatable bonds is 6. The van der Waals surface area contributed by atoms with Crippen molar-refractivity contribution in [2.45, 2.75) is 19.4 Å². The summed E-state index contributed by atoms with van der Waals surface area (Å²) in [6, 6.07) is 12.8. The van der Waals surface area contributed by atoms with Crippen molar-refractivity contribution in [3.63, 3.8) is 0 Å². The third-order valence-electron chi connectivity index (χ3n) is 3.71. The molecule has 1 amide bonds. The van der Waals surface area contributed by atoms with Gasteiger partial charge in [-0.1, -0.05) is 17.7 Å². The first-order valence-electron chi connectivity index (χ1n) is 8.24. The van der Waals surface area contributed by atoms with Crippen molar-refractivity contribution >= 4 is 17.5 Å². The summed E-state index contributed by atoms with van der Waals surface area (Å²) in [4.78, 5) is 11.9. The van der Waals surface area contributed by atoms with E-state index in [1.54, 1.807) is 24.3 Å². The van der Waals surface area contributed by atoms with Gasteiger partial charge in [-0.25, -0.2) is 0 Å². The molecule has 0 spiro atoms. The molecule has 1 N–H and O–H groups in total. The Balaban J connectivity index is 1.43. The van der Waals surface area contributed by atoms with E-state index in [1.807, 2.05) is 18.2 Å². The highest BCUT2D eigenvalue weighted by atomic mass is 35.5. The minimum absolute atomic E-state index is 0.0684. The summed E-state index contributed by atoms with van der Waals surface area (Å²) in [5, 5.41) is 3.53. The van der Waals surface area contributed by atoms with Gasteiger partial charge in [0.15, 0.2) is 11.5 Å². The number of benzene rings is 2. The summed E-state index contributed by atoms with van der Waals surface area (Å²) < 4.78 is 16.8. The molecule has 0 bridgehead atoms. The Morgan fingerprint density at radius 1 is 1.08 bits per heavy atom. The van der Waals surface area contributed by atoms with E-state index in [4.69, 9.17) is 25.8 Å². The van der Waals surface area contributed by atoms with E-state index in [2.05, 4.69) is 5.32 Å². The van der Waals surface area contributed by atoms with Crippen LogP contribution in [-0.4, -0.2) is 25.7 Å². The molecule has 1 aliphatic heterocycles. The summed E-state index contributed by atoms with van der Waals surface area (Å²) >= 11 is 5.81. The zero-order valence-electron chi connectivity index (χ0n) is 13.8. The van der Waals surface area contributed by atoms with Gasteiger partial charge in [0.25, 0.3) is 0 Å². The maximum absolute atomic E-state index is 11.9. The zero-order valence-corrected chi connectivity index (χ0v) is 14.6. The summed E-state index contributed by atoms with van der Waals surface area (Å²) in [7, 11) is 0. The van der Waals surface area contributed by atoms with Crippen LogP contribution in [-0.2, 0) is 11.3 Å². The fraction of sp³-hybridized carbons (Fsp3) is 0.316. The number of fused-ring (bicyclic) bond motifs is 1. The van der Waals surface area contributed by atoms with E-state index in [0.29, 0.717) is 37.1 Å². The molecule has 1 aliphatic rings. The van der Waals surface area contributed by atoms with Gasteiger partial charge in [0, 0.05) is 18.0 Å². The van der Waals surface area contributed by atoms with Crippen LogP contribution in [0.4, 0.5) is 0 Å². The van der Waals surface area contributed by atoms with E-state index < -0.39 is 0 Å². The number of hydrogen-bond donors (Lipinski definition) is 1. The monoisotopic (exact) mass is 361 g/mol. The number of nitrogens with one attached hydrogen (secondary N) is 1.